The van der Waals surface area contributed by atoms with Gasteiger partial charge in [0.25, 0.3) is 0 Å². The average molecular weight is 282 g/mol. The predicted octanol–water partition coefficient (Wildman–Crippen LogP) is 3.07. The van der Waals surface area contributed by atoms with Crippen molar-refractivity contribution in [3.63, 3.8) is 0 Å². The van der Waals surface area contributed by atoms with Crippen LogP contribution in [0.1, 0.15) is 24.2 Å². The molecule has 1 aliphatic rings. The minimum absolute atomic E-state index is 0.0105. The highest BCUT2D eigenvalue weighted by atomic mass is 16.3. The van der Waals surface area contributed by atoms with E-state index in [1.54, 1.807) is 18.4 Å². The molecule has 1 fully saturated rings. The summed E-state index contributed by atoms with van der Waals surface area (Å²) in [6.45, 7) is 0.526. The number of anilines is 1. The number of hydrogen-bond donors (Lipinski definition) is 1. The Bertz CT molecular complexity index is 643. The summed E-state index contributed by atoms with van der Waals surface area (Å²) in [5.41, 5.74) is 7.35. The molecule has 0 unspecified atom stereocenters. The molecule has 4 heteroatoms. The molecule has 1 saturated carbocycles. The second-order valence-electron chi connectivity index (χ2n) is 5.28. The monoisotopic (exact) mass is 282 g/mol. The van der Waals surface area contributed by atoms with E-state index in [9.17, 15) is 4.79 Å². The summed E-state index contributed by atoms with van der Waals surface area (Å²) in [5.74, 6) is 0.823. The first kappa shape index (κ1) is 13.5. The maximum Gasteiger partial charge on any atom is 0.247 e. The maximum atomic E-state index is 12.4. The van der Waals surface area contributed by atoms with Crippen LogP contribution in [0, 0.1) is 0 Å². The lowest BCUT2D eigenvalue weighted by molar-refractivity contribution is -0.127. The van der Waals surface area contributed by atoms with Gasteiger partial charge in [-0.1, -0.05) is 12.1 Å². The molecule has 4 nitrogen and oxygen atoms in total. The maximum absolute atomic E-state index is 12.4. The molecule has 108 valence electrons. The molecule has 0 saturated heterocycles. The van der Waals surface area contributed by atoms with E-state index in [1.807, 2.05) is 41.3 Å². The lowest BCUT2D eigenvalue weighted by Gasteiger charge is -2.19. The first-order chi connectivity index (χ1) is 10.2. The molecule has 21 heavy (non-hydrogen) atoms. The number of benzene rings is 1. The highest BCUT2D eigenvalue weighted by Gasteiger charge is 2.32. The Morgan fingerprint density at radius 1 is 1.33 bits per heavy atom. The Hall–Kier alpha value is -2.49. The first-order valence-electron chi connectivity index (χ1n) is 7.09. The molecule has 3 rings (SSSR count). The number of amides is 1. The number of carbonyl (C=O) groups excluding carboxylic acids is 1. The van der Waals surface area contributed by atoms with E-state index in [0.717, 1.165) is 24.2 Å². The average Bonchev–Trinajstić information content (AvgIpc) is 3.19. The van der Waals surface area contributed by atoms with Gasteiger partial charge in [-0.15, -0.1) is 0 Å². The van der Waals surface area contributed by atoms with E-state index in [2.05, 4.69) is 0 Å². The third kappa shape index (κ3) is 3.54. The second-order valence-corrected chi connectivity index (χ2v) is 5.28. The third-order valence-corrected chi connectivity index (χ3v) is 3.51. The van der Waals surface area contributed by atoms with E-state index >= 15 is 0 Å². The number of furan rings is 1. The fraction of sp³-hybridized carbons (Fsp3) is 0.235. The number of rotatable bonds is 5. The van der Waals surface area contributed by atoms with E-state index in [1.165, 1.54) is 0 Å². The van der Waals surface area contributed by atoms with Gasteiger partial charge >= 0.3 is 0 Å². The molecule has 1 aromatic carbocycles. The van der Waals surface area contributed by atoms with Crippen LogP contribution in [0.3, 0.4) is 0 Å². The molecule has 0 aliphatic heterocycles. The normalized spacial score (nSPS) is 14.5. The van der Waals surface area contributed by atoms with Crippen LogP contribution in [-0.4, -0.2) is 16.8 Å². The van der Waals surface area contributed by atoms with Crippen LogP contribution in [0.2, 0.25) is 0 Å². The van der Waals surface area contributed by atoms with Gasteiger partial charge < -0.3 is 15.1 Å². The van der Waals surface area contributed by atoms with Gasteiger partial charge in [-0.2, -0.15) is 0 Å². The van der Waals surface area contributed by atoms with Gasteiger partial charge in [0.15, 0.2) is 0 Å². The van der Waals surface area contributed by atoms with Gasteiger partial charge in [0.1, 0.15) is 5.76 Å². The van der Waals surface area contributed by atoms with Gasteiger partial charge in [0, 0.05) is 17.8 Å². The number of nitrogen functional groups attached to an aromatic ring is 1. The molecule has 2 aromatic rings. The van der Waals surface area contributed by atoms with Crippen molar-refractivity contribution in [1.82, 2.24) is 4.90 Å². The molecule has 1 aromatic heterocycles. The summed E-state index contributed by atoms with van der Waals surface area (Å²) < 4.78 is 5.34. The van der Waals surface area contributed by atoms with E-state index in [4.69, 9.17) is 10.2 Å². The molecule has 0 bridgehead atoms. The third-order valence-electron chi connectivity index (χ3n) is 3.51. The Morgan fingerprint density at radius 2 is 2.19 bits per heavy atom. The summed E-state index contributed by atoms with van der Waals surface area (Å²) >= 11 is 0. The smallest absolute Gasteiger partial charge is 0.247 e. The zero-order valence-electron chi connectivity index (χ0n) is 11.7. The van der Waals surface area contributed by atoms with Crippen LogP contribution in [0.5, 0.6) is 0 Å². The Labute approximate surface area is 123 Å². The van der Waals surface area contributed by atoms with Crippen LogP contribution in [-0.2, 0) is 11.3 Å². The van der Waals surface area contributed by atoms with Crippen molar-refractivity contribution >= 4 is 17.7 Å². The molecule has 1 heterocycles. The zero-order chi connectivity index (χ0) is 14.7. The van der Waals surface area contributed by atoms with E-state index < -0.39 is 0 Å². The molecule has 1 aliphatic carbocycles. The topological polar surface area (TPSA) is 59.5 Å². The number of carbonyl (C=O) groups is 1. The molecule has 0 radical (unpaired) electrons. The Balaban J connectivity index is 1.69. The van der Waals surface area contributed by atoms with Crippen molar-refractivity contribution in [2.45, 2.75) is 25.4 Å². The van der Waals surface area contributed by atoms with Crippen molar-refractivity contribution in [3.8, 4) is 0 Å². The van der Waals surface area contributed by atoms with Crippen LogP contribution >= 0.6 is 0 Å². The van der Waals surface area contributed by atoms with Gasteiger partial charge in [-0.05, 0) is 48.7 Å². The summed E-state index contributed by atoms with van der Waals surface area (Å²) in [6, 6.07) is 11.5. The molecular weight excluding hydrogens is 264 g/mol. The Kier molecular flexibility index (Phi) is 3.77. The number of nitrogens with zero attached hydrogens (tertiary/aromatic N) is 1. The minimum atomic E-state index is 0.0105. The van der Waals surface area contributed by atoms with Gasteiger partial charge in [-0.25, -0.2) is 0 Å². The minimum Gasteiger partial charge on any atom is -0.467 e. The number of nitrogens with two attached hydrogens (primary N) is 1. The SMILES string of the molecule is Nc1cccc(/C=C/C(=O)N(Cc2ccco2)C2CC2)c1. The summed E-state index contributed by atoms with van der Waals surface area (Å²) in [6.07, 6.45) is 7.18. The van der Waals surface area contributed by atoms with Crippen molar-refractivity contribution < 1.29 is 9.21 Å². The number of hydrogen-bond acceptors (Lipinski definition) is 3. The van der Waals surface area contributed by atoms with Crippen molar-refractivity contribution in [2.75, 3.05) is 5.73 Å². The Morgan fingerprint density at radius 3 is 2.86 bits per heavy atom. The van der Waals surface area contributed by atoms with Gasteiger partial charge in [-0.3, -0.25) is 4.79 Å². The summed E-state index contributed by atoms with van der Waals surface area (Å²) in [7, 11) is 0. The highest BCUT2D eigenvalue weighted by Crippen LogP contribution is 2.28. The second kappa shape index (κ2) is 5.87. The fourth-order valence-electron chi connectivity index (χ4n) is 2.27. The first-order valence-corrected chi connectivity index (χ1v) is 7.09. The van der Waals surface area contributed by atoms with Gasteiger partial charge in [0.05, 0.1) is 12.8 Å². The highest BCUT2D eigenvalue weighted by molar-refractivity contribution is 5.92. The van der Waals surface area contributed by atoms with Crippen LogP contribution in [0.15, 0.2) is 53.2 Å². The van der Waals surface area contributed by atoms with Crippen molar-refractivity contribution in [1.29, 1.82) is 0 Å². The van der Waals surface area contributed by atoms with Crippen LogP contribution < -0.4 is 5.73 Å². The molecule has 1 amide bonds. The van der Waals surface area contributed by atoms with Gasteiger partial charge in [0.2, 0.25) is 5.91 Å². The molecule has 2 N–H and O–H groups in total. The largest absolute Gasteiger partial charge is 0.467 e. The van der Waals surface area contributed by atoms with Crippen LogP contribution in [0.4, 0.5) is 5.69 Å². The predicted molar refractivity (Wildman–Crippen MR) is 82.2 cm³/mol. The lowest BCUT2D eigenvalue weighted by atomic mass is 10.2. The quantitative estimate of drug-likeness (QED) is 0.677. The van der Waals surface area contributed by atoms with E-state index in [0.29, 0.717) is 18.3 Å². The summed E-state index contributed by atoms with van der Waals surface area (Å²) in [4.78, 5) is 14.2. The summed E-state index contributed by atoms with van der Waals surface area (Å²) in [5, 5.41) is 0. The van der Waals surface area contributed by atoms with E-state index in [-0.39, 0.29) is 5.91 Å². The molecule has 0 spiro atoms. The fourth-order valence-corrected chi connectivity index (χ4v) is 2.27. The van der Waals surface area contributed by atoms with Crippen molar-refractivity contribution in [3.05, 3.63) is 60.1 Å². The lowest BCUT2D eigenvalue weighted by Crippen LogP contribution is -2.30. The zero-order valence-corrected chi connectivity index (χ0v) is 11.7. The molecule has 0 atom stereocenters. The molecular formula is C17H18N2O2. The standard InChI is InChI=1S/C17H18N2O2/c18-14-4-1-3-13(11-14)6-9-17(20)19(15-7-8-15)12-16-5-2-10-21-16/h1-6,9-11,15H,7-8,12,18H2/b9-6+. The van der Waals surface area contributed by atoms with Crippen LogP contribution in [0.25, 0.3) is 6.08 Å². The van der Waals surface area contributed by atoms with Crippen molar-refractivity contribution in [2.24, 2.45) is 0 Å².